The van der Waals surface area contributed by atoms with Crippen molar-refractivity contribution in [1.29, 1.82) is 0 Å². The highest BCUT2D eigenvalue weighted by atomic mass is 79.9. The van der Waals surface area contributed by atoms with Crippen molar-refractivity contribution in [1.82, 2.24) is 5.06 Å². The molecule has 5 nitrogen and oxygen atoms in total. The number of nitrogens with two attached hydrogens (primary N) is 1. The van der Waals surface area contributed by atoms with E-state index >= 15 is 0 Å². The lowest BCUT2D eigenvalue weighted by Gasteiger charge is -2.35. The Morgan fingerprint density at radius 3 is 2.25 bits per heavy atom. The van der Waals surface area contributed by atoms with Crippen molar-refractivity contribution in [2.24, 2.45) is 5.73 Å². The Morgan fingerprint density at radius 1 is 1.30 bits per heavy atom. The molecular formula is C14H24BrN2O3. The fourth-order valence-corrected chi connectivity index (χ4v) is 3.88. The summed E-state index contributed by atoms with van der Waals surface area (Å²) in [5.74, 6) is -0.424. The first-order valence-corrected chi connectivity index (χ1v) is 7.91. The molecule has 0 aromatic heterocycles. The first-order chi connectivity index (χ1) is 9.10. The predicted octanol–water partition coefficient (Wildman–Crippen LogP) is 2.18. The summed E-state index contributed by atoms with van der Waals surface area (Å²) in [5, 5.41) is 14.2. The lowest BCUT2D eigenvalue weighted by molar-refractivity contribution is -0.240. The van der Waals surface area contributed by atoms with Crippen molar-refractivity contribution in [3.8, 4) is 0 Å². The summed E-state index contributed by atoms with van der Waals surface area (Å²) in [6.45, 7) is 9.56. The third kappa shape index (κ3) is 2.93. The lowest BCUT2D eigenvalue weighted by atomic mass is 9.87. The molecule has 20 heavy (non-hydrogen) atoms. The molecule has 1 radical (unpaired) electrons. The molecule has 1 aliphatic rings. The Balaban J connectivity index is 3.09. The monoisotopic (exact) mass is 347 g/mol. The molecule has 0 saturated carbocycles. The SMILES string of the molecule is CCOC(=O)C(N)CC1=C(CBr)C(C)(C)N([O])C1(C)C. The largest absolute Gasteiger partial charge is 0.465 e. The molecule has 0 aromatic carbocycles. The van der Waals surface area contributed by atoms with Crippen molar-refractivity contribution in [3.63, 3.8) is 0 Å². The second-order valence-electron chi connectivity index (χ2n) is 6.07. The van der Waals surface area contributed by atoms with Gasteiger partial charge in [-0.15, -0.1) is 10.3 Å². The smallest absolute Gasteiger partial charge is 0.323 e. The minimum Gasteiger partial charge on any atom is -0.465 e. The second-order valence-corrected chi connectivity index (χ2v) is 6.63. The van der Waals surface area contributed by atoms with E-state index in [-0.39, 0.29) is 0 Å². The standard InChI is InChI=1S/C14H24BrN2O3/c1-6-20-12(18)11(16)7-9-10(8-15)14(4,5)17(19)13(9,2)3/h11H,6-8,16H2,1-5H3. The van der Waals surface area contributed by atoms with Gasteiger partial charge in [-0.3, -0.25) is 4.79 Å². The summed E-state index contributed by atoms with van der Waals surface area (Å²) in [5.41, 5.74) is 6.56. The van der Waals surface area contributed by atoms with Gasteiger partial charge in [-0.1, -0.05) is 15.9 Å². The molecule has 0 amide bonds. The molecule has 1 atom stereocenters. The maximum atomic E-state index is 12.5. The van der Waals surface area contributed by atoms with E-state index in [9.17, 15) is 10.0 Å². The topological polar surface area (TPSA) is 75.5 Å². The summed E-state index contributed by atoms with van der Waals surface area (Å²) >= 11 is 3.45. The molecule has 1 unspecified atom stereocenters. The van der Waals surface area contributed by atoms with E-state index in [2.05, 4.69) is 15.9 Å². The van der Waals surface area contributed by atoms with E-state index in [1.54, 1.807) is 6.92 Å². The predicted molar refractivity (Wildman–Crippen MR) is 80.7 cm³/mol. The van der Waals surface area contributed by atoms with Gasteiger partial charge in [-0.05, 0) is 52.2 Å². The Hall–Kier alpha value is -0.430. The van der Waals surface area contributed by atoms with Gasteiger partial charge in [-0.25, -0.2) is 0 Å². The van der Waals surface area contributed by atoms with Gasteiger partial charge in [0.15, 0.2) is 0 Å². The summed E-state index contributed by atoms with van der Waals surface area (Å²) in [6, 6.07) is -0.736. The molecule has 0 bridgehead atoms. The third-order valence-electron chi connectivity index (χ3n) is 4.00. The molecule has 0 saturated heterocycles. The highest BCUT2D eigenvalue weighted by molar-refractivity contribution is 9.09. The third-order valence-corrected chi connectivity index (χ3v) is 4.56. The zero-order chi connectivity index (χ0) is 15.7. The summed E-state index contributed by atoms with van der Waals surface area (Å²) in [7, 11) is 0. The summed E-state index contributed by atoms with van der Waals surface area (Å²) in [4.78, 5) is 11.7. The Labute approximate surface area is 129 Å². The van der Waals surface area contributed by atoms with Crippen LogP contribution in [0, 0.1) is 0 Å². The van der Waals surface area contributed by atoms with Crippen molar-refractivity contribution >= 4 is 21.9 Å². The molecule has 0 fully saturated rings. The van der Waals surface area contributed by atoms with Gasteiger partial charge in [0.2, 0.25) is 0 Å². The van der Waals surface area contributed by atoms with Crippen molar-refractivity contribution in [2.45, 2.75) is 58.2 Å². The Kier molecular flexibility index (Phi) is 5.40. The molecule has 6 heteroatoms. The summed E-state index contributed by atoms with van der Waals surface area (Å²) in [6.07, 6.45) is 0.342. The highest BCUT2D eigenvalue weighted by Gasteiger charge is 2.51. The van der Waals surface area contributed by atoms with Gasteiger partial charge in [0.05, 0.1) is 17.7 Å². The number of ether oxygens (including phenoxy) is 1. The van der Waals surface area contributed by atoms with Crippen LogP contribution in [0.3, 0.4) is 0 Å². The Morgan fingerprint density at radius 2 is 1.80 bits per heavy atom. The van der Waals surface area contributed by atoms with Crippen LogP contribution in [0.1, 0.15) is 41.0 Å². The van der Waals surface area contributed by atoms with Crippen LogP contribution >= 0.6 is 15.9 Å². The van der Waals surface area contributed by atoms with Crippen LogP contribution in [0.15, 0.2) is 11.1 Å². The molecular weight excluding hydrogens is 324 g/mol. The lowest BCUT2D eigenvalue weighted by Crippen LogP contribution is -2.48. The van der Waals surface area contributed by atoms with E-state index < -0.39 is 23.1 Å². The van der Waals surface area contributed by atoms with E-state index in [0.717, 1.165) is 16.2 Å². The van der Waals surface area contributed by atoms with Crippen LogP contribution in [0.2, 0.25) is 0 Å². The molecule has 0 aromatic rings. The van der Waals surface area contributed by atoms with Crippen LogP contribution < -0.4 is 5.73 Å². The molecule has 1 rings (SSSR count). The number of hydrogen-bond donors (Lipinski definition) is 1. The van der Waals surface area contributed by atoms with Crippen molar-refractivity contribution in [3.05, 3.63) is 11.1 Å². The van der Waals surface area contributed by atoms with E-state index in [1.165, 1.54) is 0 Å². The van der Waals surface area contributed by atoms with Gasteiger partial charge in [0.25, 0.3) is 0 Å². The molecule has 2 N–H and O–H groups in total. The molecule has 1 heterocycles. The average molecular weight is 348 g/mol. The van der Waals surface area contributed by atoms with E-state index in [1.807, 2.05) is 27.7 Å². The van der Waals surface area contributed by atoms with Crippen molar-refractivity contribution < 1.29 is 14.7 Å². The average Bonchev–Trinajstić information content (AvgIpc) is 2.48. The zero-order valence-electron chi connectivity index (χ0n) is 12.8. The molecule has 115 valence electrons. The van der Waals surface area contributed by atoms with Gasteiger partial charge in [0.1, 0.15) is 6.04 Å². The Bertz CT molecular complexity index is 419. The van der Waals surface area contributed by atoms with Crippen molar-refractivity contribution in [2.75, 3.05) is 11.9 Å². The number of hydroxylamine groups is 2. The molecule has 0 spiro atoms. The van der Waals surface area contributed by atoms with Crippen LogP contribution in [0.5, 0.6) is 0 Å². The minimum atomic E-state index is -0.736. The minimum absolute atomic E-state index is 0.305. The number of esters is 1. The van der Waals surface area contributed by atoms with Gasteiger partial charge in [0, 0.05) is 5.33 Å². The van der Waals surface area contributed by atoms with Crippen LogP contribution in [0.4, 0.5) is 0 Å². The van der Waals surface area contributed by atoms with Crippen LogP contribution in [-0.4, -0.2) is 40.1 Å². The number of rotatable bonds is 5. The normalized spacial score (nSPS) is 23.0. The zero-order valence-corrected chi connectivity index (χ0v) is 14.4. The van der Waals surface area contributed by atoms with Crippen LogP contribution in [-0.2, 0) is 14.7 Å². The first-order valence-electron chi connectivity index (χ1n) is 6.79. The summed E-state index contributed by atoms with van der Waals surface area (Å²) < 4.78 is 4.94. The van der Waals surface area contributed by atoms with E-state index in [4.69, 9.17) is 10.5 Å². The molecule has 1 aliphatic heterocycles. The number of hydrogen-bond acceptors (Lipinski definition) is 4. The van der Waals surface area contributed by atoms with Gasteiger partial charge >= 0.3 is 5.97 Å². The number of carbonyl (C=O) groups is 1. The highest BCUT2D eigenvalue weighted by Crippen LogP contribution is 2.46. The maximum Gasteiger partial charge on any atom is 0.323 e. The maximum absolute atomic E-state index is 12.5. The van der Waals surface area contributed by atoms with Gasteiger partial charge < -0.3 is 10.5 Å². The second kappa shape index (κ2) is 6.13. The van der Waals surface area contributed by atoms with Gasteiger partial charge in [-0.2, -0.15) is 0 Å². The number of alkyl halides is 1. The van der Waals surface area contributed by atoms with E-state index in [0.29, 0.717) is 18.4 Å². The quantitative estimate of drug-likeness (QED) is 0.469. The number of nitrogens with zero attached hydrogens (tertiary/aromatic N) is 1. The number of halogens is 1. The molecule has 0 aliphatic carbocycles. The fraction of sp³-hybridized carbons (Fsp3) is 0.786. The first kappa shape index (κ1) is 17.6. The number of carbonyl (C=O) groups excluding carboxylic acids is 1. The van der Waals surface area contributed by atoms with Crippen LogP contribution in [0.25, 0.3) is 0 Å². The fourth-order valence-electron chi connectivity index (χ4n) is 2.85.